The second-order valence-electron chi connectivity index (χ2n) is 4.16. The van der Waals surface area contributed by atoms with Crippen LogP contribution in [0, 0.1) is 0 Å². The maximum atomic E-state index is 6.07. The van der Waals surface area contributed by atoms with Gasteiger partial charge in [0, 0.05) is 17.3 Å². The van der Waals surface area contributed by atoms with Gasteiger partial charge < -0.3 is 10.3 Å². The lowest BCUT2D eigenvalue weighted by Crippen LogP contribution is -2.32. The Morgan fingerprint density at radius 2 is 2.38 bits per heavy atom. The number of aromatic nitrogens is 2. The highest BCUT2D eigenvalue weighted by molar-refractivity contribution is 8.06. The molecule has 0 spiro atoms. The molecule has 0 aliphatic carbocycles. The van der Waals surface area contributed by atoms with E-state index >= 15 is 0 Å². The van der Waals surface area contributed by atoms with Crippen molar-refractivity contribution in [1.82, 2.24) is 10.1 Å². The molecule has 0 bridgehead atoms. The maximum Gasteiger partial charge on any atom is 0.246 e. The van der Waals surface area contributed by atoms with Gasteiger partial charge in [0.2, 0.25) is 5.89 Å². The summed E-state index contributed by atoms with van der Waals surface area (Å²) in [6.07, 6.45) is 0.793. The summed E-state index contributed by atoms with van der Waals surface area (Å²) in [5.41, 5.74) is 5.57. The van der Waals surface area contributed by atoms with Gasteiger partial charge in [0.25, 0.3) is 0 Å². The third kappa shape index (κ3) is 2.55. The molecule has 1 aromatic heterocycles. The molecule has 1 aliphatic heterocycles. The minimum absolute atomic E-state index is 0.365. The van der Waals surface area contributed by atoms with Gasteiger partial charge in [0.05, 0.1) is 10.8 Å². The lowest BCUT2D eigenvalue weighted by molar-refractivity contribution is 0.290. The van der Waals surface area contributed by atoms with E-state index in [9.17, 15) is 0 Å². The molecule has 2 heterocycles. The Morgan fingerprint density at radius 1 is 1.56 bits per heavy atom. The van der Waals surface area contributed by atoms with Crippen molar-refractivity contribution in [2.24, 2.45) is 5.73 Å². The zero-order valence-corrected chi connectivity index (χ0v) is 11.2. The number of hydrogen-bond donors (Lipinski definition) is 1. The van der Waals surface area contributed by atoms with Crippen molar-refractivity contribution in [2.75, 3.05) is 17.3 Å². The summed E-state index contributed by atoms with van der Waals surface area (Å²) in [5, 5.41) is 4.42. The summed E-state index contributed by atoms with van der Waals surface area (Å²) in [6.45, 7) is 3.95. The number of rotatable bonds is 3. The van der Waals surface area contributed by atoms with Gasteiger partial charge in [-0.25, -0.2) is 0 Å². The smallest absolute Gasteiger partial charge is 0.246 e. The first-order valence-electron chi connectivity index (χ1n) is 5.46. The van der Waals surface area contributed by atoms with E-state index in [0.717, 1.165) is 23.8 Å². The monoisotopic (exact) mass is 259 g/mol. The molecule has 2 N–H and O–H groups in total. The first-order valence-corrected chi connectivity index (χ1v) is 7.66. The Morgan fingerprint density at radius 3 is 3.00 bits per heavy atom. The van der Waals surface area contributed by atoms with Gasteiger partial charge in [-0.1, -0.05) is 12.1 Å². The summed E-state index contributed by atoms with van der Waals surface area (Å²) in [6, 6.07) is 0. The van der Waals surface area contributed by atoms with Gasteiger partial charge in [0.1, 0.15) is 0 Å². The Hall–Kier alpha value is -0.200. The largest absolute Gasteiger partial charge is 0.337 e. The fourth-order valence-electron chi connectivity index (χ4n) is 1.39. The van der Waals surface area contributed by atoms with Gasteiger partial charge in [-0.05, 0) is 13.3 Å². The van der Waals surface area contributed by atoms with Crippen LogP contribution >= 0.6 is 23.5 Å². The Bertz CT molecular complexity index is 348. The second kappa shape index (κ2) is 4.98. The molecule has 6 heteroatoms. The molecule has 90 valence electrons. The number of nitrogens with two attached hydrogens (primary N) is 1. The van der Waals surface area contributed by atoms with Crippen LogP contribution in [0.5, 0.6) is 0 Å². The van der Waals surface area contributed by atoms with E-state index in [1.165, 1.54) is 5.75 Å². The maximum absolute atomic E-state index is 6.07. The van der Waals surface area contributed by atoms with E-state index in [0.29, 0.717) is 11.1 Å². The fraction of sp³-hybridized carbons (Fsp3) is 0.800. The minimum Gasteiger partial charge on any atom is -0.337 e. The normalized spacial score (nSPS) is 25.3. The van der Waals surface area contributed by atoms with Crippen molar-refractivity contribution in [3.8, 4) is 0 Å². The molecule has 2 rings (SSSR count). The Balaban J connectivity index is 2.12. The molecular weight excluding hydrogens is 242 g/mol. The zero-order chi connectivity index (χ0) is 11.6. The van der Waals surface area contributed by atoms with Crippen LogP contribution in [0.1, 0.15) is 37.2 Å². The second-order valence-corrected chi connectivity index (χ2v) is 6.62. The third-order valence-corrected chi connectivity index (χ3v) is 5.52. The van der Waals surface area contributed by atoms with Crippen LogP contribution < -0.4 is 5.73 Å². The first kappa shape index (κ1) is 12.3. The number of hydrogen-bond acceptors (Lipinski definition) is 6. The predicted octanol–water partition coefficient (Wildman–Crippen LogP) is 2.17. The van der Waals surface area contributed by atoms with Gasteiger partial charge in [-0.2, -0.15) is 16.7 Å². The fourth-order valence-corrected chi connectivity index (χ4v) is 3.97. The molecule has 0 amide bonds. The molecule has 1 saturated heterocycles. The van der Waals surface area contributed by atoms with Crippen LogP contribution in [0.25, 0.3) is 0 Å². The molecule has 2 atom stereocenters. The van der Waals surface area contributed by atoms with Crippen LogP contribution in [0.3, 0.4) is 0 Å². The van der Waals surface area contributed by atoms with E-state index < -0.39 is 5.54 Å². The Labute approximate surface area is 104 Å². The van der Waals surface area contributed by atoms with Crippen molar-refractivity contribution in [3.05, 3.63) is 11.7 Å². The standard InChI is InChI=1S/C10H17N3OS2/c1-3-10(2,11)9-12-8(13-14-9)7-6-15-4-5-16-7/h7H,3-6,11H2,1-2H3. The zero-order valence-electron chi connectivity index (χ0n) is 9.60. The molecule has 1 aromatic rings. The van der Waals surface area contributed by atoms with Crippen molar-refractivity contribution in [2.45, 2.75) is 31.1 Å². The summed E-state index contributed by atoms with van der Waals surface area (Å²) in [7, 11) is 0. The van der Waals surface area contributed by atoms with Crippen LogP contribution in [-0.2, 0) is 5.54 Å². The van der Waals surface area contributed by atoms with E-state index in [1.807, 2.05) is 37.4 Å². The summed E-state index contributed by atoms with van der Waals surface area (Å²) in [5.74, 6) is 4.80. The quantitative estimate of drug-likeness (QED) is 0.897. The lowest BCUT2D eigenvalue weighted by Gasteiger charge is -2.18. The van der Waals surface area contributed by atoms with Crippen molar-refractivity contribution in [1.29, 1.82) is 0 Å². The van der Waals surface area contributed by atoms with E-state index in [-0.39, 0.29) is 0 Å². The average Bonchev–Trinajstić information content (AvgIpc) is 2.80. The van der Waals surface area contributed by atoms with E-state index in [4.69, 9.17) is 10.3 Å². The van der Waals surface area contributed by atoms with Crippen molar-refractivity contribution in [3.63, 3.8) is 0 Å². The van der Waals surface area contributed by atoms with E-state index in [2.05, 4.69) is 10.1 Å². The summed E-state index contributed by atoms with van der Waals surface area (Å²) >= 11 is 3.85. The molecule has 1 aliphatic rings. The third-order valence-electron chi connectivity index (χ3n) is 2.77. The van der Waals surface area contributed by atoms with Gasteiger partial charge >= 0.3 is 0 Å². The van der Waals surface area contributed by atoms with E-state index in [1.54, 1.807) is 0 Å². The van der Waals surface area contributed by atoms with Crippen LogP contribution in [0.15, 0.2) is 4.52 Å². The summed E-state index contributed by atoms with van der Waals surface area (Å²) < 4.78 is 5.26. The molecule has 0 saturated carbocycles. The number of nitrogens with zero attached hydrogens (tertiary/aromatic N) is 2. The van der Waals surface area contributed by atoms with Crippen LogP contribution in [-0.4, -0.2) is 27.4 Å². The summed E-state index contributed by atoms with van der Waals surface area (Å²) in [4.78, 5) is 4.44. The highest BCUT2D eigenvalue weighted by Crippen LogP contribution is 2.35. The molecule has 2 unspecified atom stereocenters. The van der Waals surface area contributed by atoms with Gasteiger partial charge in [-0.3, -0.25) is 0 Å². The highest BCUT2D eigenvalue weighted by Gasteiger charge is 2.29. The molecule has 4 nitrogen and oxygen atoms in total. The van der Waals surface area contributed by atoms with Crippen molar-refractivity contribution >= 4 is 23.5 Å². The molecular formula is C10H17N3OS2. The van der Waals surface area contributed by atoms with Crippen LogP contribution in [0.4, 0.5) is 0 Å². The lowest BCUT2D eigenvalue weighted by atomic mass is 10.0. The average molecular weight is 259 g/mol. The SMILES string of the molecule is CCC(C)(N)c1nc(C2CSCCS2)no1. The minimum atomic E-state index is -0.502. The van der Waals surface area contributed by atoms with Gasteiger partial charge in [0.15, 0.2) is 5.82 Å². The Kier molecular flexibility index (Phi) is 3.81. The predicted molar refractivity (Wildman–Crippen MR) is 68.7 cm³/mol. The van der Waals surface area contributed by atoms with Crippen LogP contribution in [0.2, 0.25) is 0 Å². The molecule has 1 fully saturated rings. The molecule has 16 heavy (non-hydrogen) atoms. The first-order chi connectivity index (χ1) is 7.63. The van der Waals surface area contributed by atoms with Gasteiger partial charge in [-0.15, -0.1) is 11.8 Å². The molecule has 0 radical (unpaired) electrons. The topological polar surface area (TPSA) is 64.9 Å². The number of thioether (sulfide) groups is 2. The van der Waals surface area contributed by atoms with Crippen molar-refractivity contribution < 1.29 is 4.52 Å². The highest BCUT2D eigenvalue weighted by atomic mass is 32.2. The molecule has 0 aromatic carbocycles.